The van der Waals surface area contributed by atoms with E-state index in [2.05, 4.69) is 53.5 Å². The average molecular weight is 382 g/mol. The maximum Gasteiger partial charge on any atom is 0.224 e. The molecule has 5 nitrogen and oxygen atoms in total. The summed E-state index contributed by atoms with van der Waals surface area (Å²) in [4.78, 5) is 11.0. The van der Waals surface area contributed by atoms with Gasteiger partial charge in [-0.1, -0.05) is 17.7 Å². The van der Waals surface area contributed by atoms with Crippen molar-refractivity contribution in [3.63, 3.8) is 0 Å². The Bertz CT molecular complexity index is 755. The minimum atomic E-state index is 0.482. The van der Waals surface area contributed by atoms with Gasteiger partial charge >= 0.3 is 0 Å². The number of aromatic nitrogens is 2. The molecule has 0 unspecified atom stereocenters. The number of anilines is 2. The Labute approximate surface area is 170 Å². The van der Waals surface area contributed by atoms with Gasteiger partial charge in [0.1, 0.15) is 5.82 Å². The summed E-state index contributed by atoms with van der Waals surface area (Å²) in [5, 5.41) is 7.24. The quantitative estimate of drug-likeness (QED) is 0.752. The molecular weight excluding hydrogens is 346 g/mol. The number of hydrogen-bond acceptors (Lipinski definition) is 5. The van der Waals surface area contributed by atoms with Crippen LogP contribution >= 0.6 is 0 Å². The molecule has 1 heterocycles. The van der Waals surface area contributed by atoms with Crippen LogP contribution in [0.15, 0.2) is 24.4 Å². The maximum absolute atomic E-state index is 4.58. The zero-order valence-electron chi connectivity index (χ0n) is 18.0. The van der Waals surface area contributed by atoms with E-state index >= 15 is 0 Å². The van der Waals surface area contributed by atoms with Crippen LogP contribution in [0.3, 0.4) is 0 Å². The average Bonchev–Trinajstić information content (AvgIpc) is 2.65. The van der Waals surface area contributed by atoms with Gasteiger partial charge in [0.2, 0.25) is 5.95 Å². The van der Waals surface area contributed by atoms with E-state index in [4.69, 9.17) is 0 Å². The second kappa shape index (κ2) is 9.37. The van der Waals surface area contributed by atoms with Gasteiger partial charge in [0.05, 0.1) is 0 Å². The third kappa shape index (κ3) is 5.44. The fraction of sp³-hybridized carbons (Fsp3) is 0.565. The molecule has 1 aromatic carbocycles. The summed E-state index contributed by atoms with van der Waals surface area (Å²) in [5.41, 5.74) is 5.61. The van der Waals surface area contributed by atoms with E-state index in [1.165, 1.54) is 47.9 Å². The van der Waals surface area contributed by atoms with E-state index in [1.54, 1.807) is 0 Å². The Kier molecular flexibility index (Phi) is 6.89. The molecular formula is C23H35N5. The number of aryl methyl sites for hydroxylation is 3. The van der Waals surface area contributed by atoms with Crippen LogP contribution in [0, 0.1) is 26.7 Å². The summed E-state index contributed by atoms with van der Waals surface area (Å²) in [7, 11) is 4.01. The van der Waals surface area contributed by atoms with E-state index in [-0.39, 0.29) is 0 Å². The highest BCUT2D eigenvalue weighted by molar-refractivity contribution is 5.41. The van der Waals surface area contributed by atoms with Crippen molar-refractivity contribution in [3.8, 4) is 0 Å². The van der Waals surface area contributed by atoms with Crippen molar-refractivity contribution >= 4 is 11.8 Å². The molecule has 28 heavy (non-hydrogen) atoms. The minimum Gasteiger partial charge on any atom is -0.363 e. The molecule has 0 amide bonds. The SMILES string of the molecule is Cc1cc(C)c(CNC[C@H]2CC[C@@H](Nc3nccc(N(C)C)n3)CC2)c(C)c1. The van der Waals surface area contributed by atoms with Crippen LogP contribution in [-0.2, 0) is 6.54 Å². The minimum absolute atomic E-state index is 0.482. The Morgan fingerprint density at radius 3 is 2.36 bits per heavy atom. The molecule has 1 aliphatic rings. The van der Waals surface area contributed by atoms with Gasteiger partial charge in [0.25, 0.3) is 0 Å². The first-order chi connectivity index (χ1) is 13.4. The first kappa shape index (κ1) is 20.6. The van der Waals surface area contributed by atoms with Gasteiger partial charge in [-0.05, 0) is 81.7 Å². The fourth-order valence-electron chi connectivity index (χ4n) is 4.25. The third-order valence-corrected chi connectivity index (χ3v) is 5.85. The lowest BCUT2D eigenvalue weighted by molar-refractivity contribution is 0.323. The van der Waals surface area contributed by atoms with Gasteiger partial charge in [-0.15, -0.1) is 0 Å². The van der Waals surface area contributed by atoms with Crippen molar-refractivity contribution in [2.24, 2.45) is 5.92 Å². The van der Waals surface area contributed by atoms with Crippen molar-refractivity contribution in [3.05, 3.63) is 46.6 Å². The van der Waals surface area contributed by atoms with Gasteiger partial charge < -0.3 is 15.5 Å². The van der Waals surface area contributed by atoms with Crippen LogP contribution in [-0.4, -0.2) is 36.6 Å². The molecule has 0 bridgehead atoms. The van der Waals surface area contributed by atoms with E-state index in [9.17, 15) is 0 Å². The first-order valence-electron chi connectivity index (χ1n) is 10.5. The Hall–Kier alpha value is -2.14. The number of rotatable bonds is 7. The van der Waals surface area contributed by atoms with E-state index in [0.29, 0.717) is 6.04 Å². The highest BCUT2D eigenvalue weighted by Crippen LogP contribution is 2.26. The second-order valence-electron chi connectivity index (χ2n) is 8.50. The van der Waals surface area contributed by atoms with Crippen LogP contribution in [0.25, 0.3) is 0 Å². The van der Waals surface area contributed by atoms with Gasteiger partial charge in [-0.25, -0.2) is 4.98 Å². The number of hydrogen-bond donors (Lipinski definition) is 2. The molecule has 152 valence electrons. The molecule has 2 N–H and O–H groups in total. The second-order valence-corrected chi connectivity index (χ2v) is 8.50. The predicted octanol–water partition coefficient (Wildman–Crippen LogP) is 4.23. The summed E-state index contributed by atoms with van der Waals surface area (Å²) >= 11 is 0. The van der Waals surface area contributed by atoms with E-state index in [1.807, 2.05) is 31.3 Å². The van der Waals surface area contributed by atoms with Crippen LogP contribution in [0.1, 0.15) is 47.9 Å². The topological polar surface area (TPSA) is 53.1 Å². The molecule has 1 saturated carbocycles. The monoisotopic (exact) mass is 381 g/mol. The van der Waals surface area contributed by atoms with Gasteiger partial charge in [0.15, 0.2) is 0 Å². The molecule has 0 atom stereocenters. The van der Waals surface area contributed by atoms with Crippen molar-refractivity contribution in [1.82, 2.24) is 15.3 Å². The van der Waals surface area contributed by atoms with Crippen LogP contribution in [0.4, 0.5) is 11.8 Å². The van der Waals surface area contributed by atoms with Gasteiger partial charge in [-0.2, -0.15) is 4.98 Å². The number of benzene rings is 1. The standard InChI is InChI=1S/C23H35N5/c1-16-12-17(2)21(18(3)13-16)15-24-14-19-6-8-20(9-7-19)26-23-25-11-10-22(27-23)28(4)5/h10-13,19-20,24H,6-9,14-15H2,1-5H3,(H,25,26,27)/t19-,20+. The van der Waals surface area contributed by atoms with Crippen LogP contribution in [0.2, 0.25) is 0 Å². The van der Waals surface area contributed by atoms with Crippen molar-refractivity contribution in [1.29, 1.82) is 0 Å². The molecule has 2 aromatic rings. The lowest BCUT2D eigenvalue weighted by Gasteiger charge is -2.29. The molecule has 0 radical (unpaired) electrons. The number of nitrogens with zero attached hydrogens (tertiary/aromatic N) is 3. The molecule has 0 saturated heterocycles. The molecule has 5 heteroatoms. The number of nitrogens with one attached hydrogen (secondary N) is 2. The first-order valence-corrected chi connectivity index (χ1v) is 10.5. The molecule has 1 aromatic heterocycles. The zero-order chi connectivity index (χ0) is 20.1. The smallest absolute Gasteiger partial charge is 0.224 e. The van der Waals surface area contributed by atoms with Crippen molar-refractivity contribution in [2.45, 2.75) is 59.0 Å². The highest BCUT2D eigenvalue weighted by Gasteiger charge is 2.21. The lowest BCUT2D eigenvalue weighted by Crippen LogP contribution is -2.31. The molecule has 1 fully saturated rings. The fourth-order valence-corrected chi connectivity index (χ4v) is 4.25. The van der Waals surface area contributed by atoms with Crippen molar-refractivity contribution in [2.75, 3.05) is 30.9 Å². The summed E-state index contributed by atoms with van der Waals surface area (Å²) in [6, 6.07) is 6.99. The summed E-state index contributed by atoms with van der Waals surface area (Å²) < 4.78 is 0. The lowest BCUT2D eigenvalue weighted by atomic mass is 9.86. The largest absolute Gasteiger partial charge is 0.363 e. The normalized spacial score (nSPS) is 19.5. The molecule has 3 rings (SSSR count). The molecule has 0 spiro atoms. The van der Waals surface area contributed by atoms with Gasteiger partial charge in [0, 0.05) is 32.9 Å². The summed E-state index contributed by atoms with van der Waals surface area (Å²) in [6.07, 6.45) is 6.71. The predicted molar refractivity (Wildman–Crippen MR) is 118 cm³/mol. The third-order valence-electron chi connectivity index (χ3n) is 5.85. The Morgan fingerprint density at radius 2 is 1.71 bits per heavy atom. The van der Waals surface area contributed by atoms with E-state index < -0.39 is 0 Å². The van der Waals surface area contributed by atoms with E-state index in [0.717, 1.165) is 30.8 Å². The van der Waals surface area contributed by atoms with Gasteiger partial charge in [-0.3, -0.25) is 0 Å². The van der Waals surface area contributed by atoms with Crippen LogP contribution < -0.4 is 15.5 Å². The summed E-state index contributed by atoms with van der Waals surface area (Å²) in [6.45, 7) is 8.70. The maximum atomic E-state index is 4.58. The van der Waals surface area contributed by atoms with Crippen molar-refractivity contribution < 1.29 is 0 Å². The molecule has 1 aliphatic carbocycles. The highest BCUT2D eigenvalue weighted by atomic mass is 15.2. The molecule has 0 aliphatic heterocycles. The Balaban J connectivity index is 1.43. The summed E-state index contributed by atoms with van der Waals surface area (Å²) in [5.74, 6) is 2.45. The zero-order valence-corrected chi connectivity index (χ0v) is 18.0. The van der Waals surface area contributed by atoms with Crippen LogP contribution in [0.5, 0.6) is 0 Å². The Morgan fingerprint density at radius 1 is 1.04 bits per heavy atom.